The van der Waals surface area contributed by atoms with Crippen molar-refractivity contribution in [3.8, 4) is 11.1 Å². The molecule has 3 aromatic rings. The van der Waals surface area contributed by atoms with Crippen LogP contribution < -0.4 is 5.32 Å². The number of ketones is 1. The number of carboxylic acid groups (broad SMARTS) is 1. The van der Waals surface area contributed by atoms with E-state index in [0.717, 1.165) is 22.5 Å². The van der Waals surface area contributed by atoms with E-state index < -0.39 is 23.6 Å². The number of anilines is 1. The predicted molar refractivity (Wildman–Crippen MR) is 156 cm³/mol. The quantitative estimate of drug-likeness (QED) is 0.274. The Morgan fingerprint density at radius 1 is 1.00 bits per heavy atom. The first-order valence-electron chi connectivity index (χ1n) is 13.4. The molecule has 0 bridgehead atoms. The van der Waals surface area contributed by atoms with Crippen molar-refractivity contribution in [3.63, 3.8) is 0 Å². The molecule has 8 heteroatoms. The number of carboxylic acids is 1. The minimum absolute atomic E-state index is 0.182. The normalized spacial score (nSPS) is 16.4. The summed E-state index contributed by atoms with van der Waals surface area (Å²) in [6.07, 6.45) is 7.57. The monoisotopic (exact) mass is 538 g/mol. The van der Waals surface area contributed by atoms with Crippen LogP contribution in [-0.4, -0.2) is 51.1 Å². The first kappa shape index (κ1) is 28.4. The molecule has 2 aromatic carbocycles. The molecular formula is C32H34N4O4. The molecule has 0 saturated heterocycles. The third kappa shape index (κ3) is 6.69. The number of nitrogens with one attached hydrogen (secondary N) is 1. The fourth-order valence-electron chi connectivity index (χ4n) is 5.01. The van der Waals surface area contributed by atoms with E-state index in [0.29, 0.717) is 24.9 Å². The van der Waals surface area contributed by atoms with Crippen LogP contribution in [-0.2, 0) is 14.4 Å². The van der Waals surface area contributed by atoms with Crippen LogP contribution in [0, 0.1) is 6.92 Å². The molecule has 1 amide bonds. The summed E-state index contributed by atoms with van der Waals surface area (Å²) in [5, 5.41) is 13.1. The number of hydrogen-bond donors (Lipinski definition) is 2. The van der Waals surface area contributed by atoms with Gasteiger partial charge in [0.05, 0.1) is 12.5 Å². The molecule has 4 rings (SSSR count). The second-order valence-electron chi connectivity index (χ2n) is 9.88. The summed E-state index contributed by atoms with van der Waals surface area (Å²) < 4.78 is 0. The molecule has 0 fully saturated rings. The van der Waals surface area contributed by atoms with E-state index in [1.165, 1.54) is 18.0 Å². The molecule has 0 aliphatic carbocycles. The van der Waals surface area contributed by atoms with Crippen LogP contribution in [0.1, 0.15) is 49.8 Å². The van der Waals surface area contributed by atoms with Crippen molar-refractivity contribution < 1.29 is 19.5 Å². The molecule has 1 aliphatic heterocycles. The van der Waals surface area contributed by atoms with Crippen LogP contribution in [0.25, 0.3) is 11.1 Å². The SMILES string of the molecule is CC(=O)N(C(CC(=O)O)c1ccc(-c2ccccc2)cc1)C1(C(=O)CCCCNc2cc(C)ccn2)C=CC=N1. The van der Waals surface area contributed by atoms with Gasteiger partial charge >= 0.3 is 5.97 Å². The van der Waals surface area contributed by atoms with Crippen molar-refractivity contribution in [1.29, 1.82) is 0 Å². The average molecular weight is 539 g/mol. The summed E-state index contributed by atoms with van der Waals surface area (Å²) in [5.74, 6) is -0.975. The number of Topliss-reactive ketones (excluding diaryl/α,β-unsaturated/α-hetero) is 1. The molecule has 1 aliphatic rings. The van der Waals surface area contributed by atoms with Crippen LogP contribution in [0.3, 0.4) is 0 Å². The number of pyridine rings is 1. The number of amides is 1. The van der Waals surface area contributed by atoms with E-state index in [1.807, 2.05) is 73.7 Å². The average Bonchev–Trinajstić information content (AvgIpc) is 3.43. The lowest BCUT2D eigenvalue weighted by Gasteiger charge is -2.41. The van der Waals surface area contributed by atoms with Crippen LogP contribution in [0.5, 0.6) is 0 Å². The van der Waals surface area contributed by atoms with Gasteiger partial charge in [-0.15, -0.1) is 0 Å². The number of rotatable bonds is 13. The van der Waals surface area contributed by atoms with Crippen molar-refractivity contribution in [3.05, 3.63) is 96.2 Å². The van der Waals surface area contributed by atoms with Crippen molar-refractivity contribution in [2.24, 2.45) is 4.99 Å². The van der Waals surface area contributed by atoms with E-state index in [-0.39, 0.29) is 18.6 Å². The fraction of sp³-hybridized carbons (Fsp3) is 0.281. The summed E-state index contributed by atoms with van der Waals surface area (Å²) in [6.45, 7) is 3.99. The van der Waals surface area contributed by atoms with Gasteiger partial charge in [0.15, 0.2) is 5.78 Å². The third-order valence-electron chi connectivity index (χ3n) is 6.94. The highest BCUT2D eigenvalue weighted by molar-refractivity contribution is 5.98. The molecule has 0 saturated carbocycles. The second kappa shape index (κ2) is 13.0. The van der Waals surface area contributed by atoms with E-state index in [2.05, 4.69) is 15.3 Å². The molecule has 40 heavy (non-hydrogen) atoms. The predicted octanol–water partition coefficient (Wildman–Crippen LogP) is 5.61. The molecule has 0 radical (unpaired) electrons. The molecule has 2 heterocycles. The van der Waals surface area contributed by atoms with Crippen molar-refractivity contribution in [2.75, 3.05) is 11.9 Å². The Kier molecular flexibility index (Phi) is 9.22. The first-order chi connectivity index (χ1) is 19.3. The van der Waals surface area contributed by atoms with Gasteiger partial charge in [-0.3, -0.25) is 19.4 Å². The first-order valence-corrected chi connectivity index (χ1v) is 13.4. The highest BCUT2D eigenvalue weighted by Gasteiger charge is 2.47. The number of nitrogens with zero attached hydrogens (tertiary/aromatic N) is 3. The largest absolute Gasteiger partial charge is 0.481 e. The van der Waals surface area contributed by atoms with Crippen LogP contribution >= 0.6 is 0 Å². The van der Waals surface area contributed by atoms with Crippen molar-refractivity contribution in [2.45, 2.75) is 51.2 Å². The minimum Gasteiger partial charge on any atom is -0.481 e. The number of benzene rings is 2. The number of unbranched alkanes of at least 4 members (excludes halogenated alkanes) is 1. The maximum Gasteiger partial charge on any atom is 0.305 e. The van der Waals surface area contributed by atoms with Gasteiger partial charge in [-0.2, -0.15) is 0 Å². The maximum absolute atomic E-state index is 13.7. The molecule has 0 spiro atoms. The summed E-state index contributed by atoms with van der Waals surface area (Å²) >= 11 is 0. The number of aliphatic carboxylic acids is 1. The third-order valence-corrected chi connectivity index (χ3v) is 6.94. The Hall–Kier alpha value is -4.59. The Labute approximate surface area is 234 Å². The smallest absolute Gasteiger partial charge is 0.305 e. The summed E-state index contributed by atoms with van der Waals surface area (Å²) in [4.78, 5) is 48.9. The Morgan fingerprint density at radius 3 is 2.35 bits per heavy atom. The maximum atomic E-state index is 13.7. The van der Waals surface area contributed by atoms with Gasteiger partial charge in [-0.1, -0.05) is 54.6 Å². The van der Waals surface area contributed by atoms with Crippen LogP contribution in [0.15, 0.2) is 90.1 Å². The molecule has 2 N–H and O–H groups in total. The number of aliphatic imine (C=N–C) groups is 1. The van der Waals surface area contributed by atoms with Crippen molar-refractivity contribution >= 4 is 29.7 Å². The highest BCUT2D eigenvalue weighted by atomic mass is 16.4. The van der Waals surface area contributed by atoms with Gasteiger partial charge in [-0.05, 0) is 66.3 Å². The molecule has 2 atom stereocenters. The lowest BCUT2D eigenvalue weighted by atomic mass is 9.92. The zero-order chi connectivity index (χ0) is 28.5. The number of allylic oxidation sites excluding steroid dienone is 1. The molecular weight excluding hydrogens is 504 g/mol. The van der Waals surface area contributed by atoms with E-state index >= 15 is 0 Å². The van der Waals surface area contributed by atoms with Crippen molar-refractivity contribution in [1.82, 2.24) is 9.88 Å². The fourth-order valence-corrected chi connectivity index (χ4v) is 5.01. The minimum atomic E-state index is -1.59. The summed E-state index contributed by atoms with van der Waals surface area (Å²) in [6, 6.07) is 20.2. The van der Waals surface area contributed by atoms with Gasteiger partial charge in [0.25, 0.3) is 0 Å². The molecule has 2 unspecified atom stereocenters. The van der Waals surface area contributed by atoms with E-state index in [4.69, 9.17) is 0 Å². The van der Waals surface area contributed by atoms with E-state index in [9.17, 15) is 19.5 Å². The van der Waals surface area contributed by atoms with Gasteiger partial charge in [0, 0.05) is 32.3 Å². The lowest BCUT2D eigenvalue weighted by Crippen LogP contribution is -2.55. The number of carbonyl (C=O) groups excluding carboxylic acids is 2. The highest BCUT2D eigenvalue weighted by Crippen LogP contribution is 2.37. The Bertz CT molecular complexity index is 1390. The zero-order valence-electron chi connectivity index (χ0n) is 22.8. The summed E-state index contributed by atoms with van der Waals surface area (Å²) in [7, 11) is 0. The second-order valence-corrected chi connectivity index (χ2v) is 9.88. The van der Waals surface area contributed by atoms with Gasteiger partial charge in [0.1, 0.15) is 5.82 Å². The Balaban J connectivity index is 1.53. The standard InChI is InChI=1S/C32H34N4O4/c1-23-16-20-34-30(21-23)33-18-7-6-11-29(38)32(17-8-19-35-32)36(24(2)37)28(22-31(39)40)27-14-12-26(13-15-27)25-9-4-3-5-10-25/h3-5,8-10,12-17,19-21,28H,6-7,11,18,22H2,1-2H3,(H,33,34)(H,39,40). The van der Waals surface area contributed by atoms with Gasteiger partial charge in [0.2, 0.25) is 11.6 Å². The zero-order valence-corrected chi connectivity index (χ0v) is 22.8. The number of carbonyl (C=O) groups is 3. The Morgan fingerprint density at radius 2 is 1.73 bits per heavy atom. The molecule has 1 aromatic heterocycles. The number of hydrogen-bond acceptors (Lipinski definition) is 6. The summed E-state index contributed by atoms with van der Waals surface area (Å²) in [5.41, 5.74) is 2.13. The molecule has 8 nitrogen and oxygen atoms in total. The number of aromatic nitrogens is 1. The number of aryl methyl sites for hydroxylation is 1. The molecule has 206 valence electrons. The lowest BCUT2D eigenvalue weighted by molar-refractivity contribution is -0.149. The van der Waals surface area contributed by atoms with E-state index in [1.54, 1.807) is 18.3 Å². The topological polar surface area (TPSA) is 112 Å². The van der Waals surface area contributed by atoms with Crippen LogP contribution in [0.2, 0.25) is 0 Å². The van der Waals surface area contributed by atoms with Gasteiger partial charge in [-0.25, -0.2) is 4.98 Å². The van der Waals surface area contributed by atoms with Crippen LogP contribution in [0.4, 0.5) is 5.82 Å². The van der Waals surface area contributed by atoms with Gasteiger partial charge < -0.3 is 15.3 Å².